The highest BCUT2D eigenvalue weighted by molar-refractivity contribution is 5.95. The Kier molecular flexibility index (Phi) is 5.76. The van der Waals surface area contributed by atoms with Crippen LogP contribution in [-0.4, -0.2) is 68.8 Å². The zero-order valence-corrected chi connectivity index (χ0v) is 18.8. The SMILES string of the molecule is CCn1nccc1C(=O)N1CCC2(CC1)CC(N(C(=O)c1ccccc1)C1CC1)CCO2. The number of carbonyl (C=O) groups excluding carboxylic acids is 2. The Labute approximate surface area is 189 Å². The maximum Gasteiger partial charge on any atom is 0.272 e. The summed E-state index contributed by atoms with van der Waals surface area (Å²) in [4.78, 5) is 30.4. The Balaban J connectivity index is 1.27. The van der Waals surface area contributed by atoms with Crippen LogP contribution in [0.25, 0.3) is 0 Å². The van der Waals surface area contributed by atoms with Gasteiger partial charge in [-0.25, -0.2) is 0 Å². The first-order chi connectivity index (χ1) is 15.6. The molecule has 1 aromatic carbocycles. The molecule has 2 amide bonds. The van der Waals surface area contributed by atoms with E-state index < -0.39 is 0 Å². The molecule has 2 aliphatic heterocycles. The number of nitrogens with zero attached hydrogens (tertiary/aromatic N) is 4. The van der Waals surface area contributed by atoms with Crippen molar-refractivity contribution in [2.75, 3.05) is 19.7 Å². The molecule has 3 heterocycles. The van der Waals surface area contributed by atoms with Crippen molar-refractivity contribution in [2.24, 2.45) is 0 Å². The van der Waals surface area contributed by atoms with Gasteiger partial charge in [0, 0.05) is 50.1 Å². The van der Waals surface area contributed by atoms with Crippen LogP contribution in [0.4, 0.5) is 0 Å². The van der Waals surface area contributed by atoms with Gasteiger partial charge < -0.3 is 14.5 Å². The monoisotopic (exact) mass is 436 g/mol. The van der Waals surface area contributed by atoms with Gasteiger partial charge in [0.05, 0.1) is 5.60 Å². The minimum Gasteiger partial charge on any atom is -0.375 e. The van der Waals surface area contributed by atoms with Crippen LogP contribution in [0.1, 0.15) is 66.3 Å². The summed E-state index contributed by atoms with van der Waals surface area (Å²) in [6.45, 7) is 4.70. The molecular formula is C25H32N4O3. The number of rotatable bonds is 5. The second kappa shape index (κ2) is 8.70. The third-order valence-corrected chi connectivity index (χ3v) is 7.25. The van der Waals surface area contributed by atoms with E-state index in [9.17, 15) is 9.59 Å². The first kappa shape index (κ1) is 21.2. The first-order valence-corrected chi connectivity index (χ1v) is 11.9. The van der Waals surface area contributed by atoms with Crippen LogP contribution >= 0.6 is 0 Å². The summed E-state index contributed by atoms with van der Waals surface area (Å²) < 4.78 is 8.10. The minimum absolute atomic E-state index is 0.0467. The van der Waals surface area contributed by atoms with E-state index in [0.29, 0.717) is 38.0 Å². The van der Waals surface area contributed by atoms with Crippen LogP contribution in [0, 0.1) is 0 Å². The summed E-state index contributed by atoms with van der Waals surface area (Å²) in [5.74, 6) is 0.195. The molecule has 5 rings (SSSR count). The summed E-state index contributed by atoms with van der Waals surface area (Å²) >= 11 is 0. The third-order valence-electron chi connectivity index (χ3n) is 7.25. The number of carbonyl (C=O) groups is 2. The molecule has 2 aromatic rings. The van der Waals surface area contributed by atoms with Crippen molar-refractivity contribution in [1.29, 1.82) is 0 Å². The lowest BCUT2D eigenvalue weighted by atomic mass is 9.81. The molecule has 1 aromatic heterocycles. The van der Waals surface area contributed by atoms with Crippen molar-refractivity contribution < 1.29 is 14.3 Å². The smallest absolute Gasteiger partial charge is 0.272 e. The van der Waals surface area contributed by atoms with Gasteiger partial charge in [-0.2, -0.15) is 5.10 Å². The predicted molar refractivity (Wildman–Crippen MR) is 120 cm³/mol. The van der Waals surface area contributed by atoms with Crippen molar-refractivity contribution in [3.8, 4) is 0 Å². The van der Waals surface area contributed by atoms with Gasteiger partial charge in [0.1, 0.15) is 5.69 Å². The zero-order chi connectivity index (χ0) is 22.1. The van der Waals surface area contributed by atoms with Crippen LogP contribution in [0.3, 0.4) is 0 Å². The van der Waals surface area contributed by atoms with Gasteiger partial charge in [0.15, 0.2) is 0 Å². The normalized spacial score (nSPS) is 22.7. The number of aryl methyl sites for hydroxylation is 1. The molecule has 3 aliphatic rings. The molecule has 0 N–H and O–H groups in total. The average molecular weight is 437 g/mol. The average Bonchev–Trinajstić information content (AvgIpc) is 3.54. The van der Waals surface area contributed by atoms with Gasteiger partial charge in [0.25, 0.3) is 11.8 Å². The lowest BCUT2D eigenvalue weighted by Gasteiger charge is -2.48. The summed E-state index contributed by atoms with van der Waals surface area (Å²) in [5, 5.41) is 4.23. The zero-order valence-electron chi connectivity index (χ0n) is 18.8. The molecule has 1 saturated carbocycles. The number of aromatic nitrogens is 2. The number of benzene rings is 1. The topological polar surface area (TPSA) is 67.7 Å². The number of hydrogen-bond acceptors (Lipinski definition) is 4. The Morgan fingerprint density at radius 2 is 1.84 bits per heavy atom. The summed E-state index contributed by atoms with van der Waals surface area (Å²) in [5.41, 5.74) is 1.18. The lowest BCUT2D eigenvalue weighted by molar-refractivity contribution is -0.126. The molecule has 32 heavy (non-hydrogen) atoms. The molecule has 1 atom stereocenters. The Morgan fingerprint density at radius 3 is 2.53 bits per heavy atom. The van der Waals surface area contributed by atoms with Gasteiger partial charge in [-0.05, 0) is 63.6 Å². The summed E-state index contributed by atoms with van der Waals surface area (Å²) in [6, 6.07) is 12.0. The van der Waals surface area contributed by atoms with Crippen LogP contribution in [0.15, 0.2) is 42.6 Å². The van der Waals surface area contributed by atoms with Crippen LogP contribution in [0.2, 0.25) is 0 Å². The highest BCUT2D eigenvalue weighted by Gasteiger charge is 2.46. The van der Waals surface area contributed by atoms with Gasteiger partial charge in [-0.15, -0.1) is 0 Å². The minimum atomic E-state index is -0.241. The van der Waals surface area contributed by atoms with Crippen molar-refractivity contribution >= 4 is 11.8 Å². The second-order valence-corrected chi connectivity index (χ2v) is 9.31. The van der Waals surface area contributed by atoms with E-state index in [1.165, 1.54) is 0 Å². The van der Waals surface area contributed by atoms with Crippen molar-refractivity contribution in [2.45, 2.75) is 69.7 Å². The molecule has 7 heteroatoms. The Bertz CT molecular complexity index is 961. The third kappa shape index (κ3) is 4.06. The van der Waals surface area contributed by atoms with Crippen LogP contribution in [-0.2, 0) is 11.3 Å². The molecule has 0 radical (unpaired) electrons. The van der Waals surface area contributed by atoms with Crippen molar-refractivity contribution in [1.82, 2.24) is 19.6 Å². The van der Waals surface area contributed by atoms with E-state index in [0.717, 1.165) is 44.1 Å². The number of piperidine rings is 1. The van der Waals surface area contributed by atoms with Crippen molar-refractivity contribution in [3.63, 3.8) is 0 Å². The number of ether oxygens (including phenoxy) is 1. The predicted octanol–water partition coefficient (Wildman–Crippen LogP) is 3.36. The molecule has 7 nitrogen and oxygen atoms in total. The highest BCUT2D eigenvalue weighted by atomic mass is 16.5. The van der Waals surface area contributed by atoms with E-state index in [2.05, 4.69) is 10.00 Å². The molecule has 2 saturated heterocycles. The molecule has 170 valence electrons. The van der Waals surface area contributed by atoms with Crippen LogP contribution < -0.4 is 0 Å². The van der Waals surface area contributed by atoms with Crippen molar-refractivity contribution in [3.05, 3.63) is 53.9 Å². The highest BCUT2D eigenvalue weighted by Crippen LogP contribution is 2.40. The number of likely N-dealkylation sites (tertiary alicyclic amines) is 1. The second-order valence-electron chi connectivity index (χ2n) is 9.31. The fraction of sp³-hybridized carbons (Fsp3) is 0.560. The molecule has 1 unspecified atom stereocenters. The maximum atomic E-state index is 13.4. The maximum absolute atomic E-state index is 13.4. The van der Waals surface area contributed by atoms with Gasteiger partial charge >= 0.3 is 0 Å². The Hall–Kier alpha value is -2.67. The van der Waals surface area contributed by atoms with E-state index in [1.54, 1.807) is 16.9 Å². The largest absolute Gasteiger partial charge is 0.375 e. The van der Waals surface area contributed by atoms with E-state index >= 15 is 0 Å². The summed E-state index contributed by atoms with van der Waals surface area (Å²) in [6.07, 6.45) is 7.24. The standard InChI is InChI=1S/C25H32N4O3/c1-2-28-22(10-14-26-28)24(31)27-15-12-25(13-16-27)18-21(11-17-32-25)29(20-8-9-20)23(30)19-6-4-3-5-7-19/h3-7,10,14,20-21H,2,8-9,11-13,15-18H2,1H3. The quantitative estimate of drug-likeness (QED) is 0.721. The molecule has 1 spiro atoms. The molecular weight excluding hydrogens is 404 g/mol. The lowest BCUT2D eigenvalue weighted by Crippen LogP contribution is -2.56. The fourth-order valence-electron chi connectivity index (χ4n) is 5.35. The van der Waals surface area contributed by atoms with E-state index in [4.69, 9.17) is 4.74 Å². The Morgan fingerprint density at radius 1 is 1.09 bits per heavy atom. The molecule has 1 aliphatic carbocycles. The first-order valence-electron chi connectivity index (χ1n) is 11.9. The number of amides is 2. The fourth-order valence-corrected chi connectivity index (χ4v) is 5.35. The number of hydrogen-bond donors (Lipinski definition) is 0. The molecule has 0 bridgehead atoms. The van der Waals surface area contributed by atoms with Gasteiger partial charge in [-0.1, -0.05) is 18.2 Å². The van der Waals surface area contributed by atoms with Crippen LogP contribution in [0.5, 0.6) is 0 Å². The van der Waals surface area contributed by atoms with E-state index in [1.807, 2.05) is 42.2 Å². The summed E-state index contributed by atoms with van der Waals surface area (Å²) in [7, 11) is 0. The van der Waals surface area contributed by atoms with E-state index in [-0.39, 0.29) is 23.5 Å². The van der Waals surface area contributed by atoms with Gasteiger partial charge in [0.2, 0.25) is 0 Å². The molecule has 3 fully saturated rings. The van der Waals surface area contributed by atoms with Gasteiger partial charge in [-0.3, -0.25) is 14.3 Å².